The van der Waals surface area contributed by atoms with E-state index in [4.69, 9.17) is 10.00 Å². The molecular formula is C14H13FN2O2. The van der Waals surface area contributed by atoms with E-state index in [2.05, 4.69) is 11.9 Å². The number of rotatable bonds is 5. The number of carbonyl (C=O) groups is 1. The van der Waals surface area contributed by atoms with E-state index in [-0.39, 0.29) is 17.9 Å². The molecule has 0 saturated carbocycles. The lowest BCUT2D eigenvalue weighted by Crippen LogP contribution is -2.24. The van der Waals surface area contributed by atoms with Crippen LogP contribution in [0.2, 0.25) is 0 Å². The molecule has 4 nitrogen and oxygen atoms in total. The van der Waals surface area contributed by atoms with Gasteiger partial charge in [0.1, 0.15) is 11.6 Å². The summed E-state index contributed by atoms with van der Waals surface area (Å²) in [6.45, 7) is 3.71. The van der Waals surface area contributed by atoms with Gasteiger partial charge in [0.2, 0.25) is 0 Å². The maximum atomic E-state index is 13.5. The van der Waals surface area contributed by atoms with E-state index < -0.39 is 11.7 Å². The minimum atomic E-state index is -0.556. The first-order valence-corrected chi connectivity index (χ1v) is 5.46. The summed E-state index contributed by atoms with van der Waals surface area (Å²) in [5.41, 5.74) is 0.301. The number of benzene rings is 1. The molecule has 19 heavy (non-hydrogen) atoms. The first kappa shape index (κ1) is 14.5. The number of methoxy groups -OCH3 is 1. The van der Waals surface area contributed by atoms with E-state index >= 15 is 0 Å². The molecular weight excluding hydrogens is 247 g/mol. The molecule has 1 N–H and O–H groups in total. The van der Waals surface area contributed by atoms with E-state index in [1.807, 2.05) is 0 Å². The number of carbonyl (C=O) groups excluding carboxylic acids is 1. The van der Waals surface area contributed by atoms with Gasteiger partial charge in [-0.3, -0.25) is 4.79 Å². The zero-order valence-electron chi connectivity index (χ0n) is 10.4. The molecule has 0 heterocycles. The zero-order chi connectivity index (χ0) is 14.3. The average molecular weight is 260 g/mol. The Kier molecular flexibility index (Phi) is 5.30. The molecule has 1 rings (SSSR count). The molecule has 1 amide bonds. The van der Waals surface area contributed by atoms with Gasteiger partial charge in [-0.25, -0.2) is 4.39 Å². The Morgan fingerprint density at radius 1 is 1.63 bits per heavy atom. The monoisotopic (exact) mass is 260 g/mol. The molecule has 0 radical (unpaired) electrons. The highest BCUT2D eigenvalue weighted by molar-refractivity contribution is 6.01. The first-order chi connectivity index (χ1) is 9.12. The molecule has 0 atom stereocenters. The van der Waals surface area contributed by atoms with Gasteiger partial charge in [0.15, 0.2) is 11.6 Å². The van der Waals surface area contributed by atoms with Crippen LogP contribution in [0.1, 0.15) is 5.56 Å². The molecule has 0 aromatic heterocycles. The van der Waals surface area contributed by atoms with Crippen LogP contribution in [0.15, 0.2) is 36.4 Å². The fourth-order valence-electron chi connectivity index (χ4n) is 1.35. The van der Waals surface area contributed by atoms with Gasteiger partial charge in [-0.1, -0.05) is 12.1 Å². The normalized spacial score (nSPS) is 10.5. The third-order valence-corrected chi connectivity index (χ3v) is 2.26. The summed E-state index contributed by atoms with van der Waals surface area (Å²) >= 11 is 0. The maximum absolute atomic E-state index is 13.5. The fourth-order valence-corrected chi connectivity index (χ4v) is 1.35. The first-order valence-electron chi connectivity index (χ1n) is 5.46. The number of nitrogens with zero attached hydrogens (tertiary/aromatic N) is 1. The van der Waals surface area contributed by atoms with Gasteiger partial charge in [0.25, 0.3) is 5.91 Å². The topological polar surface area (TPSA) is 62.1 Å². The molecule has 0 aliphatic rings. The second-order valence-corrected chi connectivity index (χ2v) is 3.56. The summed E-state index contributed by atoms with van der Waals surface area (Å²) in [6, 6.07) is 5.94. The molecule has 5 heteroatoms. The van der Waals surface area contributed by atoms with Gasteiger partial charge in [0, 0.05) is 6.54 Å². The number of ether oxygens (including phenoxy) is 1. The van der Waals surface area contributed by atoms with Crippen LogP contribution in [0.3, 0.4) is 0 Å². The quantitative estimate of drug-likeness (QED) is 0.500. The third kappa shape index (κ3) is 3.96. The Morgan fingerprint density at radius 3 is 2.89 bits per heavy atom. The van der Waals surface area contributed by atoms with Crippen LogP contribution in [-0.2, 0) is 4.79 Å². The molecule has 0 fully saturated rings. The highest BCUT2D eigenvalue weighted by Crippen LogP contribution is 2.19. The Morgan fingerprint density at radius 2 is 2.37 bits per heavy atom. The molecule has 0 unspecified atom stereocenters. The second-order valence-electron chi connectivity index (χ2n) is 3.56. The summed E-state index contributed by atoms with van der Waals surface area (Å²) in [7, 11) is 1.36. The number of hydrogen-bond acceptors (Lipinski definition) is 3. The van der Waals surface area contributed by atoms with E-state index in [1.165, 1.54) is 31.4 Å². The molecule has 0 spiro atoms. The largest absolute Gasteiger partial charge is 0.494 e. The standard InChI is InChI=1S/C14H13FN2O2/c1-3-6-17-14(18)11(9-16)7-10-4-5-13(19-2)12(15)8-10/h3-5,7-8H,1,6H2,2H3,(H,17,18)/b11-7+. The van der Waals surface area contributed by atoms with Crippen LogP contribution < -0.4 is 10.1 Å². The van der Waals surface area contributed by atoms with E-state index in [0.717, 1.165) is 0 Å². The molecule has 1 aromatic rings. The summed E-state index contributed by atoms with van der Waals surface area (Å²) in [5, 5.41) is 11.4. The zero-order valence-corrected chi connectivity index (χ0v) is 10.4. The molecule has 0 aliphatic heterocycles. The van der Waals surface area contributed by atoms with E-state index in [0.29, 0.717) is 5.56 Å². The lowest BCUT2D eigenvalue weighted by Gasteiger charge is -2.03. The fraction of sp³-hybridized carbons (Fsp3) is 0.143. The van der Waals surface area contributed by atoms with Crippen molar-refractivity contribution >= 4 is 12.0 Å². The van der Waals surface area contributed by atoms with Crippen molar-refractivity contribution in [3.8, 4) is 11.8 Å². The number of amides is 1. The van der Waals surface area contributed by atoms with Crippen molar-refractivity contribution in [2.75, 3.05) is 13.7 Å². The Labute approximate surface area is 110 Å². The predicted molar refractivity (Wildman–Crippen MR) is 69.7 cm³/mol. The molecule has 0 bridgehead atoms. The Hall–Kier alpha value is -2.61. The minimum Gasteiger partial charge on any atom is -0.494 e. The van der Waals surface area contributed by atoms with Gasteiger partial charge in [-0.2, -0.15) is 5.26 Å². The van der Waals surface area contributed by atoms with E-state index in [9.17, 15) is 9.18 Å². The van der Waals surface area contributed by atoms with Crippen molar-refractivity contribution in [3.05, 3.63) is 47.8 Å². The summed E-state index contributed by atoms with van der Waals surface area (Å²) in [5.74, 6) is -0.981. The molecule has 0 saturated heterocycles. The van der Waals surface area contributed by atoms with Crippen LogP contribution in [0.5, 0.6) is 5.75 Å². The smallest absolute Gasteiger partial charge is 0.262 e. The summed E-state index contributed by atoms with van der Waals surface area (Å²) in [6.07, 6.45) is 2.81. The van der Waals surface area contributed by atoms with Gasteiger partial charge >= 0.3 is 0 Å². The highest BCUT2D eigenvalue weighted by atomic mass is 19.1. The number of hydrogen-bond donors (Lipinski definition) is 1. The van der Waals surface area contributed by atoms with Crippen LogP contribution in [0, 0.1) is 17.1 Å². The van der Waals surface area contributed by atoms with Crippen molar-refractivity contribution in [1.82, 2.24) is 5.32 Å². The maximum Gasteiger partial charge on any atom is 0.262 e. The number of nitriles is 1. The van der Waals surface area contributed by atoms with Gasteiger partial charge in [-0.15, -0.1) is 6.58 Å². The third-order valence-electron chi connectivity index (χ3n) is 2.26. The van der Waals surface area contributed by atoms with Crippen LogP contribution >= 0.6 is 0 Å². The average Bonchev–Trinajstić information content (AvgIpc) is 2.42. The van der Waals surface area contributed by atoms with Gasteiger partial charge < -0.3 is 10.1 Å². The van der Waals surface area contributed by atoms with Crippen molar-refractivity contribution in [1.29, 1.82) is 5.26 Å². The van der Waals surface area contributed by atoms with Gasteiger partial charge in [0.05, 0.1) is 7.11 Å². The minimum absolute atomic E-state index is 0.103. The highest BCUT2D eigenvalue weighted by Gasteiger charge is 2.09. The molecule has 98 valence electrons. The Bertz CT molecular complexity index is 559. The van der Waals surface area contributed by atoms with Crippen molar-refractivity contribution < 1.29 is 13.9 Å². The van der Waals surface area contributed by atoms with Crippen LogP contribution in [-0.4, -0.2) is 19.6 Å². The van der Waals surface area contributed by atoms with Crippen molar-refractivity contribution in [2.45, 2.75) is 0 Å². The lowest BCUT2D eigenvalue weighted by molar-refractivity contribution is -0.116. The van der Waals surface area contributed by atoms with Gasteiger partial charge in [-0.05, 0) is 23.8 Å². The Balaban J connectivity index is 2.98. The molecule has 1 aromatic carbocycles. The second kappa shape index (κ2) is 6.97. The summed E-state index contributed by atoms with van der Waals surface area (Å²) < 4.78 is 18.2. The summed E-state index contributed by atoms with van der Waals surface area (Å²) in [4.78, 5) is 11.6. The van der Waals surface area contributed by atoms with Crippen molar-refractivity contribution in [2.24, 2.45) is 0 Å². The van der Waals surface area contributed by atoms with Crippen LogP contribution in [0.4, 0.5) is 4.39 Å². The predicted octanol–water partition coefficient (Wildman–Crippen LogP) is 2.04. The van der Waals surface area contributed by atoms with Crippen LogP contribution in [0.25, 0.3) is 6.08 Å². The lowest BCUT2D eigenvalue weighted by atomic mass is 10.1. The number of halogens is 1. The van der Waals surface area contributed by atoms with Crippen molar-refractivity contribution in [3.63, 3.8) is 0 Å². The number of nitrogens with one attached hydrogen (secondary N) is 1. The SMILES string of the molecule is C=CCNC(=O)/C(C#N)=C/c1ccc(OC)c(F)c1. The molecule has 0 aliphatic carbocycles. The van der Waals surface area contributed by atoms with E-state index in [1.54, 1.807) is 12.1 Å².